The summed E-state index contributed by atoms with van der Waals surface area (Å²) in [5.41, 5.74) is 1.61. The number of ether oxygens (including phenoxy) is 3. The Hall–Kier alpha value is -3.04. The molecule has 0 aliphatic heterocycles. The maximum absolute atomic E-state index is 12.4. The van der Waals surface area contributed by atoms with Crippen molar-refractivity contribution in [3.8, 4) is 11.8 Å². The van der Waals surface area contributed by atoms with E-state index in [0.29, 0.717) is 27.5 Å². The lowest BCUT2D eigenvalue weighted by Gasteiger charge is -2.13. The molecule has 0 saturated carbocycles. The molecule has 0 aromatic heterocycles. The van der Waals surface area contributed by atoms with E-state index >= 15 is 0 Å². The molecular weight excluding hydrogens is 361 g/mol. The SMILES string of the molecule is CO/C=C(/C(=O)OCF)c1ccccc1COc1ccc(C#N)cc1Cl. The van der Waals surface area contributed by atoms with Crippen LogP contribution in [0.25, 0.3) is 5.57 Å². The third kappa shape index (κ3) is 4.74. The monoisotopic (exact) mass is 375 g/mol. The fourth-order valence-corrected chi connectivity index (χ4v) is 2.45. The fraction of sp³-hybridized carbons (Fsp3) is 0.158. The number of alkyl halides is 1. The average Bonchev–Trinajstić information content (AvgIpc) is 2.65. The van der Waals surface area contributed by atoms with E-state index in [1.54, 1.807) is 36.4 Å². The van der Waals surface area contributed by atoms with Gasteiger partial charge in [-0.05, 0) is 29.3 Å². The fourth-order valence-electron chi connectivity index (χ4n) is 2.22. The van der Waals surface area contributed by atoms with Gasteiger partial charge in [-0.15, -0.1) is 0 Å². The number of benzene rings is 2. The summed E-state index contributed by atoms with van der Waals surface area (Å²) in [4.78, 5) is 12.0. The maximum Gasteiger partial charge on any atom is 0.344 e. The van der Waals surface area contributed by atoms with Crippen molar-refractivity contribution in [3.63, 3.8) is 0 Å². The third-order valence-electron chi connectivity index (χ3n) is 3.39. The summed E-state index contributed by atoms with van der Waals surface area (Å²) in [5, 5.41) is 9.16. The van der Waals surface area contributed by atoms with Gasteiger partial charge in [-0.2, -0.15) is 5.26 Å². The maximum atomic E-state index is 12.4. The van der Waals surface area contributed by atoms with E-state index in [4.69, 9.17) is 26.3 Å². The van der Waals surface area contributed by atoms with E-state index < -0.39 is 12.8 Å². The van der Waals surface area contributed by atoms with Crippen LogP contribution in [0, 0.1) is 11.3 Å². The molecule has 0 saturated heterocycles. The molecule has 0 radical (unpaired) electrons. The highest BCUT2D eigenvalue weighted by Crippen LogP contribution is 2.28. The third-order valence-corrected chi connectivity index (χ3v) is 3.69. The van der Waals surface area contributed by atoms with Gasteiger partial charge in [0.05, 0.1) is 30.0 Å². The van der Waals surface area contributed by atoms with Gasteiger partial charge >= 0.3 is 5.97 Å². The molecule has 7 heteroatoms. The predicted molar refractivity (Wildman–Crippen MR) is 94.0 cm³/mol. The standard InChI is InChI=1S/C19H15ClFNO4/c1-24-11-16(19(23)26-12-21)15-5-3-2-4-14(15)10-25-18-7-6-13(9-22)8-17(18)20/h2-8,11H,10,12H2,1H3/b16-11+. The molecule has 0 atom stereocenters. The van der Waals surface area contributed by atoms with Crippen LogP contribution in [0.15, 0.2) is 48.7 Å². The summed E-state index contributed by atoms with van der Waals surface area (Å²) in [6.45, 7) is -1.15. The smallest absolute Gasteiger partial charge is 0.344 e. The van der Waals surface area contributed by atoms with Crippen molar-refractivity contribution in [2.24, 2.45) is 0 Å². The Kier molecular flexibility index (Phi) is 7.01. The van der Waals surface area contributed by atoms with Crippen LogP contribution >= 0.6 is 11.6 Å². The summed E-state index contributed by atoms with van der Waals surface area (Å²) in [6.07, 6.45) is 1.19. The molecule has 2 rings (SSSR count). The topological polar surface area (TPSA) is 68.6 Å². The van der Waals surface area contributed by atoms with Crippen LogP contribution in [-0.2, 0) is 20.9 Å². The molecule has 2 aromatic carbocycles. The van der Waals surface area contributed by atoms with Crippen molar-refractivity contribution in [1.82, 2.24) is 0 Å². The zero-order chi connectivity index (χ0) is 18.9. The molecule has 0 N–H and O–H groups in total. The van der Waals surface area contributed by atoms with Gasteiger partial charge in [0, 0.05) is 0 Å². The summed E-state index contributed by atoms with van der Waals surface area (Å²) >= 11 is 6.09. The zero-order valence-corrected chi connectivity index (χ0v) is 14.6. The summed E-state index contributed by atoms with van der Waals surface area (Å²) in [7, 11) is 1.37. The lowest BCUT2D eigenvalue weighted by atomic mass is 10.0. The molecule has 134 valence electrons. The molecule has 0 amide bonds. The van der Waals surface area contributed by atoms with Gasteiger partial charge in [0.2, 0.25) is 6.86 Å². The Morgan fingerprint density at radius 2 is 2.08 bits per heavy atom. The first-order valence-electron chi connectivity index (χ1n) is 7.47. The average molecular weight is 376 g/mol. The quantitative estimate of drug-likeness (QED) is 0.411. The van der Waals surface area contributed by atoms with Crippen molar-refractivity contribution in [2.45, 2.75) is 6.61 Å². The van der Waals surface area contributed by atoms with Crippen LogP contribution < -0.4 is 4.74 Å². The second-order valence-electron chi connectivity index (χ2n) is 5.01. The molecule has 0 aliphatic carbocycles. The number of esters is 1. The summed E-state index contributed by atoms with van der Waals surface area (Å²) < 4.78 is 27.4. The molecule has 0 spiro atoms. The van der Waals surface area contributed by atoms with E-state index in [1.807, 2.05) is 6.07 Å². The van der Waals surface area contributed by atoms with Crippen LogP contribution in [-0.4, -0.2) is 19.9 Å². The van der Waals surface area contributed by atoms with Gasteiger partial charge in [-0.3, -0.25) is 0 Å². The number of hydrogen-bond donors (Lipinski definition) is 0. The van der Waals surface area contributed by atoms with E-state index in [0.717, 1.165) is 0 Å². The van der Waals surface area contributed by atoms with Crippen LogP contribution in [0.3, 0.4) is 0 Å². The number of hydrogen-bond acceptors (Lipinski definition) is 5. The van der Waals surface area contributed by atoms with Gasteiger partial charge in [0.25, 0.3) is 0 Å². The van der Waals surface area contributed by atoms with Crippen LogP contribution in [0.4, 0.5) is 4.39 Å². The van der Waals surface area contributed by atoms with Crippen molar-refractivity contribution < 1.29 is 23.4 Å². The second kappa shape index (κ2) is 9.44. The largest absolute Gasteiger partial charge is 0.503 e. The molecule has 0 aliphatic rings. The van der Waals surface area contributed by atoms with Crippen molar-refractivity contribution in [1.29, 1.82) is 5.26 Å². The Balaban J connectivity index is 2.27. The van der Waals surface area contributed by atoms with E-state index in [9.17, 15) is 9.18 Å². The van der Waals surface area contributed by atoms with E-state index in [-0.39, 0.29) is 12.2 Å². The molecule has 0 fully saturated rings. The number of nitriles is 1. The molecule has 2 aromatic rings. The summed E-state index contributed by atoms with van der Waals surface area (Å²) in [5.74, 6) is -0.456. The Labute approximate surface area is 155 Å². The van der Waals surface area contributed by atoms with Gasteiger partial charge < -0.3 is 14.2 Å². The molecule has 0 unspecified atom stereocenters. The van der Waals surface area contributed by atoms with Crippen LogP contribution in [0.2, 0.25) is 5.02 Å². The first-order chi connectivity index (χ1) is 12.6. The molecule has 5 nitrogen and oxygen atoms in total. The van der Waals surface area contributed by atoms with Gasteiger partial charge in [0.15, 0.2) is 0 Å². The molecular formula is C19H15ClFNO4. The zero-order valence-electron chi connectivity index (χ0n) is 13.9. The number of nitrogens with zero attached hydrogens (tertiary/aromatic N) is 1. The highest BCUT2D eigenvalue weighted by Gasteiger charge is 2.18. The lowest BCUT2D eigenvalue weighted by Crippen LogP contribution is -2.10. The van der Waals surface area contributed by atoms with Crippen molar-refractivity contribution in [2.75, 3.05) is 14.0 Å². The number of methoxy groups -OCH3 is 1. The number of carbonyl (C=O) groups is 1. The van der Waals surface area contributed by atoms with Crippen molar-refractivity contribution in [3.05, 3.63) is 70.4 Å². The Morgan fingerprint density at radius 1 is 1.31 bits per heavy atom. The minimum Gasteiger partial charge on any atom is -0.503 e. The van der Waals surface area contributed by atoms with Gasteiger partial charge in [0.1, 0.15) is 17.9 Å². The normalized spacial score (nSPS) is 10.8. The van der Waals surface area contributed by atoms with Crippen LogP contribution in [0.5, 0.6) is 5.75 Å². The van der Waals surface area contributed by atoms with E-state index in [1.165, 1.54) is 19.4 Å². The minimum atomic E-state index is -1.24. The number of halogens is 2. The highest BCUT2D eigenvalue weighted by atomic mass is 35.5. The van der Waals surface area contributed by atoms with Crippen molar-refractivity contribution >= 4 is 23.1 Å². The first-order valence-corrected chi connectivity index (χ1v) is 7.85. The Morgan fingerprint density at radius 3 is 2.73 bits per heavy atom. The lowest BCUT2D eigenvalue weighted by molar-refractivity contribution is -0.140. The minimum absolute atomic E-state index is 0.0651. The predicted octanol–water partition coefficient (Wildman–Crippen LogP) is 4.25. The molecule has 26 heavy (non-hydrogen) atoms. The van der Waals surface area contributed by atoms with E-state index in [2.05, 4.69) is 4.74 Å². The molecule has 0 bridgehead atoms. The highest BCUT2D eigenvalue weighted by molar-refractivity contribution is 6.32. The number of rotatable bonds is 7. The number of carbonyl (C=O) groups excluding carboxylic acids is 1. The second-order valence-corrected chi connectivity index (χ2v) is 5.42. The van der Waals surface area contributed by atoms with Gasteiger partial charge in [-0.25, -0.2) is 9.18 Å². The molecule has 0 heterocycles. The Bertz CT molecular complexity index is 861. The van der Waals surface area contributed by atoms with Crippen LogP contribution in [0.1, 0.15) is 16.7 Å². The first kappa shape index (κ1) is 19.3. The summed E-state index contributed by atoms with van der Waals surface area (Å²) in [6, 6.07) is 13.6. The van der Waals surface area contributed by atoms with Gasteiger partial charge in [-0.1, -0.05) is 35.9 Å².